The first kappa shape index (κ1) is 16.5. The molecule has 2 fully saturated rings. The van der Waals surface area contributed by atoms with Gasteiger partial charge in [-0.2, -0.15) is 0 Å². The Labute approximate surface area is 139 Å². The lowest BCUT2D eigenvalue weighted by Crippen LogP contribution is -2.36. The molecule has 0 aliphatic carbocycles. The molecule has 2 aliphatic rings. The summed E-state index contributed by atoms with van der Waals surface area (Å²) in [6.45, 7) is 8.27. The minimum Gasteiger partial charge on any atom is -0.381 e. The number of ether oxygens (including phenoxy) is 1. The van der Waals surface area contributed by atoms with E-state index in [4.69, 9.17) is 4.74 Å². The molecule has 4 nitrogen and oxygen atoms in total. The third-order valence-corrected chi connectivity index (χ3v) is 5.03. The summed E-state index contributed by atoms with van der Waals surface area (Å²) in [4.78, 5) is 17.2. The number of rotatable bonds is 6. The van der Waals surface area contributed by atoms with E-state index in [1.807, 2.05) is 13.0 Å². The highest BCUT2D eigenvalue weighted by Gasteiger charge is 2.34. The molecule has 0 aromatic heterocycles. The summed E-state index contributed by atoms with van der Waals surface area (Å²) in [6.07, 6.45) is 2.09. The zero-order valence-electron chi connectivity index (χ0n) is 14.1. The molecule has 126 valence electrons. The topological polar surface area (TPSA) is 32.8 Å². The monoisotopic (exact) mass is 316 g/mol. The van der Waals surface area contributed by atoms with Gasteiger partial charge in [-0.15, -0.1) is 0 Å². The fraction of sp³-hybridized carbons (Fsp3) is 0.632. The summed E-state index contributed by atoms with van der Waals surface area (Å²) in [5.41, 5.74) is 1.33. The van der Waals surface area contributed by atoms with E-state index in [1.165, 1.54) is 5.56 Å². The molecule has 0 N–H and O–H groups in total. The fourth-order valence-electron chi connectivity index (χ4n) is 3.73. The summed E-state index contributed by atoms with van der Waals surface area (Å²) >= 11 is 0. The second-order valence-electron chi connectivity index (χ2n) is 6.80. The number of carbonyl (C=O) groups is 1. The largest absolute Gasteiger partial charge is 0.381 e. The van der Waals surface area contributed by atoms with Gasteiger partial charge >= 0.3 is 0 Å². The molecule has 23 heavy (non-hydrogen) atoms. The highest BCUT2D eigenvalue weighted by Crippen LogP contribution is 2.24. The molecule has 2 atom stereocenters. The van der Waals surface area contributed by atoms with Crippen molar-refractivity contribution in [1.29, 1.82) is 0 Å². The first-order valence-electron chi connectivity index (χ1n) is 8.89. The van der Waals surface area contributed by atoms with Crippen LogP contribution in [-0.2, 0) is 16.1 Å². The van der Waals surface area contributed by atoms with E-state index >= 15 is 0 Å². The standard InChI is InChI=1S/C19H28N2O2/c1-2-23-15-17-8-11-21(13-17)19(22)18-9-10-20(14-18)12-16-6-4-3-5-7-16/h3-7,17-18H,2,8-15H2,1H3. The van der Waals surface area contributed by atoms with Crippen molar-refractivity contribution in [3.63, 3.8) is 0 Å². The van der Waals surface area contributed by atoms with E-state index in [0.29, 0.717) is 11.8 Å². The maximum Gasteiger partial charge on any atom is 0.227 e. The van der Waals surface area contributed by atoms with Crippen LogP contribution in [0.4, 0.5) is 0 Å². The third kappa shape index (κ3) is 4.33. The van der Waals surface area contributed by atoms with Gasteiger partial charge in [-0.3, -0.25) is 9.69 Å². The van der Waals surface area contributed by atoms with Gasteiger partial charge in [-0.05, 0) is 31.9 Å². The summed E-state index contributed by atoms with van der Waals surface area (Å²) in [7, 11) is 0. The molecular formula is C19H28N2O2. The number of carbonyl (C=O) groups excluding carboxylic acids is 1. The smallest absolute Gasteiger partial charge is 0.227 e. The summed E-state index contributed by atoms with van der Waals surface area (Å²) < 4.78 is 5.51. The van der Waals surface area contributed by atoms with Gasteiger partial charge in [-0.25, -0.2) is 0 Å². The SMILES string of the molecule is CCOCC1CCN(C(=O)C2CCN(Cc3ccccc3)C2)C1. The van der Waals surface area contributed by atoms with Gasteiger partial charge < -0.3 is 9.64 Å². The molecule has 0 radical (unpaired) electrons. The van der Waals surface area contributed by atoms with E-state index in [-0.39, 0.29) is 5.92 Å². The lowest BCUT2D eigenvalue weighted by molar-refractivity contribution is -0.134. The molecule has 0 bridgehead atoms. The third-order valence-electron chi connectivity index (χ3n) is 5.03. The molecule has 0 spiro atoms. The summed E-state index contributed by atoms with van der Waals surface area (Å²) in [5.74, 6) is 1.07. The van der Waals surface area contributed by atoms with Crippen molar-refractivity contribution < 1.29 is 9.53 Å². The Hall–Kier alpha value is -1.39. The molecule has 1 aromatic rings. The van der Waals surface area contributed by atoms with Crippen molar-refractivity contribution in [3.8, 4) is 0 Å². The highest BCUT2D eigenvalue weighted by molar-refractivity contribution is 5.79. The van der Waals surface area contributed by atoms with E-state index in [2.05, 4.69) is 34.1 Å². The van der Waals surface area contributed by atoms with Crippen LogP contribution in [0, 0.1) is 11.8 Å². The van der Waals surface area contributed by atoms with Gasteiger partial charge in [0.15, 0.2) is 0 Å². The Morgan fingerprint density at radius 3 is 2.78 bits per heavy atom. The van der Waals surface area contributed by atoms with Crippen LogP contribution in [0.15, 0.2) is 30.3 Å². The fourth-order valence-corrected chi connectivity index (χ4v) is 3.73. The molecule has 1 aromatic carbocycles. The molecule has 1 amide bonds. The maximum absolute atomic E-state index is 12.7. The zero-order chi connectivity index (χ0) is 16.1. The van der Waals surface area contributed by atoms with Crippen molar-refractivity contribution in [2.45, 2.75) is 26.3 Å². The van der Waals surface area contributed by atoms with Crippen molar-refractivity contribution in [1.82, 2.24) is 9.80 Å². The van der Waals surface area contributed by atoms with E-state index in [0.717, 1.165) is 58.8 Å². The average molecular weight is 316 g/mol. The zero-order valence-corrected chi connectivity index (χ0v) is 14.1. The van der Waals surface area contributed by atoms with E-state index in [9.17, 15) is 4.79 Å². The van der Waals surface area contributed by atoms with Crippen LogP contribution < -0.4 is 0 Å². The molecule has 4 heteroatoms. The van der Waals surface area contributed by atoms with Crippen LogP contribution in [0.1, 0.15) is 25.3 Å². The highest BCUT2D eigenvalue weighted by atomic mass is 16.5. The van der Waals surface area contributed by atoms with Crippen LogP contribution in [0.25, 0.3) is 0 Å². The first-order valence-corrected chi connectivity index (χ1v) is 8.89. The molecule has 3 rings (SSSR count). The van der Waals surface area contributed by atoms with Gasteiger partial charge in [0.25, 0.3) is 0 Å². The van der Waals surface area contributed by atoms with Gasteiger partial charge in [0.2, 0.25) is 5.91 Å². The quantitative estimate of drug-likeness (QED) is 0.808. The average Bonchev–Trinajstić information content (AvgIpc) is 3.23. The van der Waals surface area contributed by atoms with Gasteiger partial charge in [0, 0.05) is 38.7 Å². The van der Waals surface area contributed by atoms with Crippen LogP contribution in [-0.4, -0.2) is 55.1 Å². The van der Waals surface area contributed by atoms with Crippen LogP contribution in [0.3, 0.4) is 0 Å². The predicted octanol–water partition coefficient (Wildman–Crippen LogP) is 2.39. The number of hydrogen-bond acceptors (Lipinski definition) is 3. The number of likely N-dealkylation sites (tertiary alicyclic amines) is 2. The van der Waals surface area contributed by atoms with E-state index in [1.54, 1.807) is 0 Å². The van der Waals surface area contributed by atoms with Crippen LogP contribution in [0.5, 0.6) is 0 Å². The Morgan fingerprint density at radius 2 is 2.00 bits per heavy atom. The van der Waals surface area contributed by atoms with Crippen LogP contribution in [0.2, 0.25) is 0 Å². The predicted molar refractivity (Wildman–Crippen MR) is 91.0 cm³/mol. The molecular weight excluding hydrogens is 288 g/mol. The molecule has 2 heterocycles. The van der Waals surface area contributed by atoms with Crippen molar-refractivity contribution in [3.05, 3.63) is 35.9 Å². The molecule has 2 saturated heterocycles. The Kier molecular flexibility index (Phi) is 5.68. The summed E-state index contributed by atoms with van der Waals surface area (Å²) in [5, 5.41) is 0. The number of hydrogen-bond donors (Lipinski definition) is 0. The lowest BCUT2D eigenvalue weighted by atomic mass is 10.1. The van der Waals surface area contributed by atoms with E-state index < -0.39 is 0 Å². The number of amides is 1. The molecule has 2 unspecified atom stereocenters. The van der Waals surface area contributed by atoms with Gasteiger partial charge in [-0.1, -0.05) is 30.3 Å². The number of nitrogens with zero attached hydrogens (tertiary/aromatic N) is 2. The second-order valence-corrected chi connectivity index (χ2v) is 6.80. The lowest BCUT2D eigenvalue weighted by Gasteiger charge is -2.21. The second kappa shape index (κ2) is 7.93. The first-order chi connectivity index (χ1) is 11.3. The van der Waals surface area contributed by atoms with Crippen LogP contribution >= 0.6 is 0 Å². The maximum atomic E-state index is 12.7. The Balaban J connectivity index is 1.46. The Morgan fingerprint density at radius 1 is 1.17 bits per heavy atom. The van der Waals surface area contributed by atoms with Crippen molar-refractivity contribution in [2.24, 2.45) is 11.8 Å². The minimum atomic E-state index is 0.185. The van der Waals surface area contributed by atoms with Crippen molar-refractivity contribution >= 4 is 5.91 Å². The van der Waals surface area contributed by atoms with Crippen molar-refractivity contribution in [2.75, 3.05) is 39.4 Å². The minimum absolute atomic E-state index is 0.185. The Bertz CT molecular complexity index is 505. The van der Waals surface area contributed by atoms with Gasteiger partial charge in [0.1, 0.15) is 0 Å². The molecule has 0 saturated carbocycles. The molecule has 2 aliphatic heterocycles. The number of benzene rings is 1. The van der Waals surface area contributed by atoms with Gasteiger partial charge in [0.05, 0.1) is 12.5 Å². The normalized spacial score (nSPS) is 25.2. The summed E-state index contributed by atoms with van der Waals surface area (Å²) in [6, 6.07) is 10.5.